The van der Waals surface area contributed by atoms with Crippen LogP contribution in [0.25, 0.3) is 0 Å². The minimum absolute atomic E-state index is 0.0224. The second kappa shape index (κ2) is 7.43. The first-order valence-corrected chi connectivity index (χ1v) is 7.40. The van der Waals surface area contributed by atoms with Crippen molar-refractivity contribution < 1.29 is 9.66 Å². The Balaban J connectivity index is 1.71. The van der Waals surface area contributed by atoms with E-state index in [4.69, 9.17) is 4.74 Å². The highest BCUT2D eigenvalue weighted by molar-refractivity contribution is 5.18. The minimum atomic E-state index is -0.346. The maximum absolute atomic E-state index is 10.6. The van der Waals surface area contributed by atoms with E-state index in [1.165, 1.54) is 44.9 Å². The molecule has 0 aromatic carbocycles. The summed E-state index contributed by atoms with van der Waals surface area (Å²) in [6, 6.07) is 0. The van der Waals surface area contributed by atoms with E-state index in [0.29, 0.717) is 12.3 Å². The third-order valence-electron chi connectivity index (χ3n) is 4.02. The van der Waals surface area contributed by atoms with Crippen molar-refractivity contribution >= 4 is 0 Å². The van der Waals surface area contributed by atoms with Gasteiger partial charge in [0.25, 0.3) is 5.70 Å². The number of nitrogens with zero attached hydrogens (tertiary/aromatic N) is 1. The Bertz CT molecular complexity index is 354. The average Bonchev–Trinajstić information content (AvgIpc) is 2.38. The van der Waals surface area contributed by atoms with E-state index in [1.54, 1.807) is 12.2 Å². The summed E-state index contributed by atoms with van der Waals surface area (Å²) in [6.07, 6.45) is 15.0. The molecule has 0 aromatic rings. The first-order chi connectivity index (χ1) is 9.25. The molecule has 0 N–H and O–H groups in total. The summed E-state index contributed by atoms with van der Waals surface area (Å²) in [5, 5.41) is 10.6. The van der Waals surface area contributed by atoms with Gasteiger partial charge in [-0.05, 0) is 30.9 Å². The monoisotopic (exact) mass is 265 g/mol. The highest BCUT2D eigenvalue weighted by Crippen LogP contribution is 2.23. The predicted octanol–water partition coefficient (Wildman–Crippen LogP) is 3.85. The Morgan fingerprint density at radius 1 is 1.21 bits per heavy atom. The standard InChI is InChI=1S/C15H23NO3/c17-16(18)14-8-10-15(11-9-14)19-12-13-6-4-2-1-3-5-7-13/h8-10,13,15H,1-7,11-12H2. The van der Waals surface area contributed by atoms with Crippen LogP contribution in [0.3, 0.4) is 0 Å². The van der Waals surface area contributed by atoms with Crippen molar-refractivity contribution in [1.29, 1.82) is 0 Å². The van der Waals surface area contributed by atoms with Crippen LogP contribution in [0, 0.1) is 16.0 Å². The summed E-state index contributed by atoms with van der Waals surface area (Å²) in [5.41, 5.74) is 0.186. The van der Waals surface area contributed by atoms with Crippen LogP contribution in [-0.2, 0) is 4.74 Å². The fourth-order valence-electron chi connectivity index (χ4n) is 2.82. The van der Waals surface area contributed by atoms with Crippen molar-refractivity contribution in [1.82, 2.24) is 0 Å². The van der Waals surface area contributed by atoms with E-state index in [1.807, 2.05) is 6.08 Å². The molecule has 1 atom stereocenters. The van der Waals surface area contributed by atoms with Crippen LogP contribution in [0.1, 0.15) is 51.4 Å². The average molecular weight is 265 g/mol. The van der Waals surface area contributed by atoms with Gasteiger partial charge in [0.1, 0.15) is 0 Å². The predicted molar refractivity (Wildman–Crippen MR) is 74.4 cm³/mol. The van der Waals surface area contributed by atoms with Gasteiger partial charge in [-0.1, -0.05) is 32.1 Å². The van der Waals surface area contributed by atoms with E-state index >= 15 is 0 Å². The molecule has 2 rings (SSSR count). The van der Waals surface area contributed by atoms with Gasteiger partial charge >= 0.3 is 0 Å². The number of nitro groups is 1. The molecule has 2 aliphatic rings. The highest BCUT2D eigenvalue weighted by Gasteiger charge is 2.17. The molecule has 0 heterocycles. The lowest BCUT2D eigenvalue weighted by Gasteiger charge is -2.22. The van der Waals surface area contributed by atoms with Gasteiger partial charge in [-0.2, -0.15) is 0 Å². The summed E-state index contributed by atoms with van der Waals surface area (Å²) in [7, 11) is 0. The third kappa shape index (κ3) is 4.78. The molecule has 0 aliphatic heterocycles. The molecular formula is C15H23NO3. The molecule has 19 heavy (non-hydrogen) atoms. The summed E-state index contributed by atoms with van der Waals surface area (Å²) >= 11 is 0. The van der Waals surface area contributed by atoms with Crippen molar-refractivity contribution in [2.24, 2.45) is 5.92 Å². The molecule has 0 amide bonds. The summed E-state index contributed by atoms with van der Waals surface area (Å²) in [5.74, 6) is 0.676. The largest absolute Gasteiger partial charge is 0.374 e. The van der Waals surface area contributed by atoms with Crippen LogP contribution >= 0.6 is 0 Å². The van der Waals surface area contributed by atoms with Gasteiger partial charge in [-0.25, -0.2) is 0 Å². The zero-order valence-electron chi connectivity index (χ0n) is 11.4. The maximum atomic E-state index is 10.6. The lowest BCUT2D eigenvalue weighted by Crippen LogP contribution is -2.19. The Kier molecular flexibility index (Phi) is 5.58. The lowest BCUT2D eigenvalue weighted by molar-refractivity contribution is -0.419. The van der Waals surface area contributed by atoms with Crippen molar-refractivity contribution in [2.45, 2.75) is 57.5 Å². The molecule has 2 aliphatic carbocycles. The number of hydrogen-bond donors (Lipinski definition) is 0. The quantitative estimate of drug-likeness (QED) is 0.573. The molecule has 1 fully saturated rings. The Morgan fingerprint density at radius 3 is 2.47 bits per heavy atom. The molecule has 1 unspecified atom stereocenters. The zero-order valence-corrected chi connectivity index (χ0v) is 11.4. The van der Waals surface area contributed by atoms with Crippen molar-refractivity contribution in [3.05, 3.63) is 34.0 Å². The molecule has 0 radical (unpaired) electrons. The van der Waals surface area contributed by atoms with E-state index in [-0.39, 0.29) is 16.7 Å². The summed E-state index contributed by atoms with van der Waals surface area (Å²) < 4.78 is 5.89. The number of hydrogen-bond acceptors (Lipinski definition) is 3. The van der Waals surface area contributed by atoms with Gasteiger partial charge in [-0.3, -0.25) is 10.1 Å². The van der Waals surface area contributed by atoms with E-state index in [2.05, 4.69) is 0 Å². The minimum Gasteiger partial charge on any atom is -0.374 e. The van der Waals surface area contributed by atoms with E-state index in [9.17, 15) is 10.1 Å². The van der Waals surface area contributed by atoms with Crippen LogP contribution in [-0.4, -0.2) is 17.6 Å². The number of rotatable bonds is 4. The van der Waals surface area contributed by atoms with E-state index < -0.39 is 0 Å². The second-order valence-corrected chi connectivity index (χ2v) is 5.56. The number of ether oxygens (including phenoxy) is 1. The fourth-order valence-corrected chi connectivity index (χ4v) is 2.82. The first kappa shape index (κ1) is 14.3. The molecule has 4 nitrogen and oxygen atoms in total. The second-order valence-electron chi connectivity index (χ2n) is 5.56. The molecule has 0 spiro atoms. The molecule has 0 saturated heterocycles. The molecule has 0 bridgehead atoms. The molecule has 4 heteroatoms. The Labute approximate surface area is 114 Å². The fraction of sp³-hybridized carbons (Fsp3) is 0.733. The SMILES string of the molecule is O=[N+]([O-])C1=CCC(OCC2CCCCCCC2)C=C1. The van der Waals surface area contributed by atoms with Crippen molar-refractivity contribution in [3.8, 4) is 0 Å². The van der Waals surface area contributed by atoms with Gasteiger partial charge in [-0.15, -0.1) is 0 Å². The van der Waals surface area contributed by atoms with Crippen LogP contribution in [0.2, 0.25) is 0 Å². The van der Waals surface area contributed by atoms with Crippen LogP contribution in [0.15, 0.2) is 23.9 Å². The summed E-state index contributed by atoms with van der Waals surface area (Å²) in [4.78, 5) is 10.2. The molecule has 1 saturated carbocycles. The Hall–Kier alpha value is -1.16. The maximum Gasteiger partial charge on any atom is 0.265 e. The van der Waals surface area contributed by atoms with Gasteiger partial charge in [0.15, 0.2) is 0 Å². The molecule has 0 aromatic heterocycles. The van der Waals surface area contributed by atoms with Gasteiger partial charge < -0.3 is 4.74 Å². The third-order valence-corrected chi connectivity index (χ3v) is 4.02. The molecular weight excluding hydrogens is 242 g/mol. The van der Waals surface area contributed by atoms with Crippen molar-refractivity contribution in [3.63, 3.8) is 0 Å². The first-order valence-electron chi connectivity index (χ1n) is 7.40. The topological polar surface area (TPSA) is 52.4 Å². The summed E-state index contributed by atoms with van der Waals surface area (Å²) in [6.45, 7) is 0.802. The zero-order chi connectivity index (χ0) is 13.5. The van der Waals surface area contributed by atoms with Crippen molar-refractivity contribution in [2.75, 3.05) is 6.61 Å². The van der Waals surface area contributed by atoms with Crippen LogP contribution in [0.4, 0.5) is 0 Å². The number of allylic oxidation sites excluding steroid dienone is 1. The van der Waals surface area contributed by atoms with Gasteiger partial charge in [0.2, 0.25) is 0 Å². The highest BCUT2D eigenvalue weighted by atomic mass is 16.6. The van der Waals surface area contributed by atoms with E-state index in [0.717, 1.165) is 6.61 Å². The van der Waals surface area contributed by atoms with Crippen LogP contribution in [0.5, 0.6) is 0 Å². The molecule has 106 valence electrons. The Morgan fingerprint density at radius 2 is 1.89 bits per heavy atom. The lowest BCUT2D eigenvalue weighted by atomic mass is 9.92. The smallest absolute Gasteiger partial charge is 0.265 e. The normalized spacial score (nSPS) is 25.5. The van der Waals surface area contributed by atoms with Crippen LogP contribution < -0.4 is 0 Å². The van der Waals surface area contributed by atoms with Gasteiger partial charge in [0.05, 0.1) is 17.6 Å². The van der Waals surface area contributed by atoms with Gasteiger partial charge in [0, 0.05) is 12.5 Å².